The van der Waals surface area contributed by atoms with Crippen molar-refractivity contribution in [3.63, 3.8) is 0 Å². The van der Waals surface area contributed by atoms with Gasteiger partial charge in [-0.3, -0.25) is 10.1 Å². The highest BCUT2D eigenvalue weighted by atomic mass is 16.6. The summed E-state index contributed by atoms with van der Waals surface area (Å²) in [5, 5.41) is 25.8. The first-order chi connectivity index (χ1) is 17.9. The molecule has 1 amide bonds. The van der Waals surface area contributed by atoms with Gasteiger partial charge in [0.1, 0.15) is 12.2 Å². The highest BCUT2D eigenvalue weighted by molar-refractivity contribution is 5.90. The molecule has 5 rings (SSSR count). The van der Waals surface area contributed by atoms with Crippen molar-refractivity contribution in [1.82, 2.24) is 5.16 Å². The zero-order valence-corrected chi connectivity index (χ0v) is 20.5. The first kappa shape index (κ1) is 24.4. The van der Waals surface area contributed by atoms with Crippen LogP contribution in [0.3, 0.4) is 0 Å². The molecule has 1 aliphatic carbocycles. The quantitative estimate of drug-likeness (QED) is 0.420. The topological polar surface area (TPSA) is 129 Å². The molecular weight excluding hydrogens is 472 g/mol. The molecule has 37 heavy (non-hydrogen) atoms. The molecular formula is C28H28N4O5. The third kappa shape index (κ3) is 4.75. The molecule has 1 aliphatic heterocycles. The summed E-state index contributed by atoms with van der Waals surface area (Å²) in [6.45, 7) is 2.56. The zero-order valence-electron chi connectivity index (χ0n) is 20.5. The Labute approximate surface area is 214 Å². The number of benzene rings is 2. The monoisotopic (exact) mass is 500 g/mol. The Morgan fingerprint density at radius 1 is 1.19 bits per heavy atom. The van der Waals surface area contributed by atoms with Gasteiger partial charge in [0.2, 0.25) is 5.88 Å². The lowest BCUT2D eigenvalue weighted by Crippen LogP contribution is -2.48. The number of hydrogen-bond acceptors (Lipinski definition) is 7. The van der Waals surface area contributed by atoms with E-state index >= 15 is 0 Å². The number of nitriles is 1. The molecule has 2 N–H and O–H groups in total. The van der Waals surface area contributed by atoms with E-state index in [1.807, 2.05) is 60.7 Å². The van der Waals surface area contributed by atoms with Crippen molar-refractivity contribution in [3.8, 4) is 17.2 Å². The Bertz CT molecular complexity index is 1320. The van der Waals surface area contributed by atoms with Gasteiger partial charge in [-0.05, 0) is 62.3 Å². The van der Waals surface area contributed by atoms with Crippen LogP contribution in [0.25, 0.3) is 11.1 Å². The maximum atomic E-state index is 12.6. The second kappa shape index (κ2) is 9.97. The van der Waals surface area contributed by atoms with Crippen LogP contribution in [0.15, 0.2) is 59.1 Å². The molecule has 9 nitrogen and oxygen atoms in total. The number of nitrogens with zero attached hydrogens (tertiary/aromatic N) is 3. The number of rotatable bonds is 7. The lowest BCUT2D eigenvalue weighted by Gasteiger charge is -2.41. The van der Waals surface area contributed by atoms with Crippen LogP contribution in [0.5, 0.6) is 0 Å². The third-order valence-electron chi connectivity index (χ3n) is 7.41. The maximum absolute atomic E-state index is 12.6. The highest BCUT2D eigenvalue weighted by Crippen LogP contribution is 2.53. The van der Waals surface area contributed by atoms with Crippen LogP contribution in [-0.2, 0) is 9.53 Å². The summed E-state index contributed by atoms with van der Waals surface area (Å²) in [7, 11) is 0. The Morgan fingerprint density at radius 3 is 2.57 bits per heavy atom. The number of anilines is 2. The van der Waals surface area contributed by atoms with E-state index in [2.05, 4.69) is 15.4 Å². The van der Waals surface area contributed by atoms with Crippen LogP contribution in [0.2, 0.25) is 0 Å². The lowest BCUT2D eigenvalue weighted by molar-refractivity contribution is -0.144. The molecule has 1 saturated heterocycles. The number of hydrogen-bond donors (Lipinski definition) is 2. The molecule has 2 fully saturated rings. The van der Waals surface area contributed by atoms with Gasteiger partial charge in [0.05, 0.1) is 11.0 Å². The van der Waals surface area contributed by atoms with Gasteiger partial charge >= 0.3 is 12.1 Å². The molecule has 1 saturated carbocycles. The highest BCUT2D eigenvalue weighted by Gasteiger charge is 2.58. The van der Waals surface area contributed by atoms with Crippen molar-refractivity contribution < 1.29 is 24.0 Å². The Morgan fingerprint density at radius 2 is 1.92 bits per heavy atom. The smallest absolute Gasteiger partial charge is 0.414 e. The number of nitrogens with one attached hydrogen (secondary N) is 1. The number of aromatic nitrogens is 1. The number of carboxylic acid groups (broad SMARTS) is 1. The molecule has 0 radical (unpaired) electrons. The van der Waals surface area contributed by atoms with Gasteiger partial charge in [-0.2, -0.15) is 5.26 Å². The standard InChI is InChI=1S/C28H28N4O5/c1-18(19-7-3-2-4-8-19)36-27(35)30-25-24(22(17-29)31-37-25)20-10-12-21(13-11-20)32-16-6-5-9-23(32)28(14-15-28)26(33)34/h2-4,7-8,10-13,18,23H,5-6,9,14-16H2,1H3,(H,30,35)(H,33,34). The summed E-state index contributed by atoms with van der Waals surface area (Å²) in [6.07, 6.45) is 3.10. The van der Waals surface area contributed by atoms with Crippen molar-refractivity contribution in [2.24, 2.45) is 5.41 Å². The van der Waals surface area contributed by atoms with Crippen LogP contribution < -0.4 is 10.2 Å². The van der Waals surface area contributed by atoms with Crippen LogP contribution >= 0.6 is 0 Å². The van der Waals surface area contributed by atoms with Gasteiger partial charge in [0.25, 0.3) is 0 Å². The normalized spacial score (nSPS) is 18.9. The fourth-order valence-electron chi connectivity index (χ4n) is 5.25. The number of piperidine rings is 1. The summed E-state index contributed by atoms with van der Waals surface area (Å²) in [5.41, 5.74) is 2.16. The van der Waals surface area contributed by atoms with Crippen LogP contribution in [-0.4, -0.2) is 34.9 Å². The van der Waals surface area contributed by atoms with E-state index in [-0.39, 0.29) is 17.6 Å². The largest absolute Gasteiger partial charge is 0.481 e. The molecule has 1 aromatic heterocycles. The van der Waals surface area contributed by atoms with E-state index in [4.69, 9.17) is 9.26 Å². The third-order valence-corrected chi connectivity index (χ3v) is 7.41. The van der Waals surface area contributed by atoms with Crippen molar-refractivity contribution in [3.05, 3.63) is 65.9 Å². The Kier molecular flexibility index (Phi) is 6.57. The van der Waals surface area contributed by atoms with Crippen LogP contribution in [0, 0.1) is 16.7 Å². The number of carbonyl (C=O) groups excluding carboxylic acids is 1. The van der Waals surface area contributed by atoms with Crippen LogP contribution in [0.4, 0.5) is 16.4 Å². The first-order valence-electron chi connectivity index (χ1n) is 12.5. The molecule has 190 valence electrons. The molecule has 3 aromatic rings. The Balaban J connectivity index is 1.35. The molecule has 0 bridgehead atoms. The summed E-state index contributed by atoms with van der Waals surface area (Å²) in [6, 6.07) is 18.8. The van der Waals surface area contributed by atoms with Crippen molar-refractivity contribution in [2.75, 3.05) is 16.8 Å². The minimum absolute atomic E-state index is 0.0215. The minimum Gasteiger partial charge on any atom is -0.481 e. The van der Waals surface area contributed by atoms with Gasteiger partial charge in [-0.15, -0.1) is 0 Å². The van der Waals surface area contributed by atoms with E-state index in [1.54, 1.807) is 6.92 Å². The van der Waals surface area contributed by atoms with Gasteiger partial charge in [-0.25, -0.2) is 4.79 Å². The van der Waals surface area contributed by atoms with Gasteiger partial charge in [0.15, 0.2) is 5.69 Å². The molecule has 2 atom stereocenters. The summed E-state index contributed by atoms with van der Waals surface area (Å²) in [5.74, 6) is -0.693. The fraction of sp³-hybridized carbons (Fsp3) is 0.357. The van der Waals surface area contributed by atoms with E-state index in [1.165, 1.54) is 0 Å². The maximum Gasteiger partial charge on any atom is 0.414 e. The SMILES string of the molecule is CC(OC(=O)Nc1onc(C#N)c1-c1ccc(N2CCCCC2C2(C(=O)O)CC2)cc1)c1ccccc1. The number of carbonyl (C=O) groups is 2. The predicted molar refractivity (Wildman–Crippen MR) is 136 cm³/mol. The summed E-state index contributed by atoms with van der Waals surface area (Å²) < 4.78 is 10.7. The number of amides is 1. The van der Waals surface area contributed by atoms with Gasteiger partial charge < -0.3 is 19.3 Å². The second-order valence-corrected chi connectivity index (χ2v) is 9.64. The summed E-state index contributed by atoms with van der Waals surface area (Å²) in [4.78, 5) is 26.8. The minimum atomic E-state index is -0.727. The van der Waals surface area contributed by atoms with E-state index in [9.17, 15) is 20.0 Å². The molecule has 2 heterocycles. The van der Waals surface area contributed by atoms with E-state index in [0.717, 1.165) is 37.1 Å². The van der Waals surface area contributed by atoms with Gasteiger partial charge in [-0.1, -0.05) is 47.6 Å². The molecule has 2 aromatic carbocycles. The first-order valence-corrected chi connectivity index (χ1v) is 12.5. The second-order valence-electron chi connectivity index (χ2n) is 9.64. The predicted octanol–water partition coefficient (Wildman–Crippen LogP) is 5.75. The van der Waals surface area contributed by atoms with Crippen molar-refractivity contribution in [2.45, 2.75) is 51.2 Å². The van der Waals surface area contributed by atoms with E-state index in [0.29, 0.717) is 24.0 Å². The fourth-order valence-corrected chi connectivity index (χ4v) is 5.25. The lowest BCUT2D eigenvalue weighted by atomic mass is 9.87. The Hall–Kier alpha value is -4.32. The summed E-state index contributed by atoms with van der Waals surface area (Å²) >= 11 is 0. The van der Waals surface area contributed by atoms with Crippen molar-refractivity contribution >= 4 is 23.6 Å². The number of aliphatic carboxylic acids is 1. The van der Waals surface area contributed by atoms with E-state index < -0.39 is 23.6 Å². The van der Waals surface area contributed by atoms with Crippen LogP contribution in [0.1, 0.15) is 56.4 Å². The average molecular weight is 501 g/mol. The number of ether oxygens (including phenoxy) is 1. The number of carboxylic acids is 1. The average Bonchev–Trinajstić information content (AvgIpc) is 3.65. The molecule has 9 heteroatoms. The zero-order chi connectivity index (χ0) is 26.0. The molecule has 2 aliphatic rings. The van der Waals surface area contributed by atoms with Crippen molar-refractivity contribution in [1.29, 1.82) is 5.26 Å². The molecule has 2 unspecified atom stereocenters. The van der Waals surface area contributed by atoms with Gasteiger partial charge in [0, 0.05) is 18.3 Å². The molecule has 0 spiro atoms.